The summed E-state index contributed by atoms with van der Waals surface area (Å²) in [4.78, 5) is 11.8. The van der Waals surface area contributed by atoms with E-state index < -0.39 is 6.10 Å². The Morgan fingerprint density at radius 1 is 1.56 bits per heavy atom. The number of benzene rings is 1. The van der Waals surface area contributed by atoms with Crippen LogP contribution in [0.15, 0.2) is 24.3 Å². The van der Waals surface area contributed by atoms with E-state index in [0.29, 0.717) is 19.5 Å². The van der Waals surface area contributed by atoms with Crippen LogP contribution in [0.3, 0.4) is 0 Å². The first kappa shape index (κ1) is 13.1. The van der Waals surface area contributed by atoms with Crippen LogP contribution in [0.1, 0.15) is 17.5 Å². The van der Waals surface area contributed by atoms with Crippen molar-refractivity contribution in [3.63, 3.8) is 0 Å². The van der Waals surface area contributed by atoms with Gasteiger partial charge in [0, 0.05) is 13.1 Å². The van der Waals surface area contributed by atoms with E-state index in [2.05, 4.69) is 35.8 Å². The van der Waals surface area contributed by atoms with Gasteiger partial charge < -0.3 is 15.7 Å². The summed E-state index contributed by atoms with van der Waals surface area (Å²) in [6.07, 6.45) is 0.955. The van der Waals surface area contributed by atoms with Crippen molar-refractivity contribution < 1.29 is 9.90 Å². The molecule has 2 rings (SSSR count). The minimum Gasteiger partial charge on any atom is -0.392 e. The van der Waals surface area contributed by atoms with Crippen LogP contribution in [0.5, 0.6) is 0 Å². The topological polar surface area (TPSA) is 61.4 Å². The maximum atomic E-state index is 11.8. The first-order chi connectivity index (χ1) is 8.65. The van der Waals surface area contributed by atoms with Crippen molar-refractivity contribution in [3.8, 4) is 0 Å². The van der Waals surface area contributed by atoms with Crippen molar-refractivity contribution in [2.45, 2.75) is 31.9 Å². The van der Waals surface area contributed by atoms with Crippen molar-refractivity contribution in [3.05, 3.63) is 35.4 Å². The number of amides is 1. The van der Waals surface area contributed by atoms with Crippen LogP contribution in [0.25, 0.3) is 0 Å². The van der Waals surface area contributed by atoms with Gasteiger partial charge in [0.05, 0.1) is 12.1 Å². The second-order valence-corrected chi connectivity index (χ2v) is 4.88. The molecule has 2 unspecified atom stereocenters. The van der Waals surface area contributed by atoms with Gasteiger partial charge in [-0.3, -0.25) is 4.79 Å². The molecule has 98 valence electrons. The summed E-state index contributed by atoms with van der Waals surface area (Å²) >= 11 is 0. The Morgan fingerprint density at radius 2 is 2.39 bits per heavy atom. The number of aliphatic hydroxyl groups is 1. The van der Waals surface area contributed by atoms with Gasteiger partial charge in [0.1, 0.15) is 0 Å². The van der Waals surface area contributed by atoms with Crippen molar-refractivity contribution in [2.24, 2.45) is 0 Å². The monoisotopic (exact) mass is 248 g/mol. The molecule has 2 atom stereocenters. The number of hydrogen-bond donors (Lipinski definition) is 3. The zero-order chi connectivity index (χ0) is 13.0. The second kappa shape index (κ2) is 5.98. The Kier molecular flexibility index (Phi) is 4.33. The molecule has 1 aromatic carbocycles. The summed E-state index contributed by atoms with van der Waals surface area (Å²) in [5.41, 5.74) is 2.47. The molecule has 18 heavy (non-hydrogen) atoms. The highest BCUT2D eigenvalue weighted by Gasteiger charge is 2.27. The lowest BCUT2D eigenvalue weighted by Crippen LogP contribution is -2.41. The Labute approximate surface area is 107 Å². The van der Waals surface area contributed by atoms with E-state index in [1.54, 1.807) is 0 Å². The molecule has 0 radical (unpaired) electrons. The average molecular weight is 248 g/mol. The van der Waals surface area contributed by atoms with Gasteiger partial charge in [0.25, 0.3) is 0 Å². The number of nitrogens with one attached hydrogen (secondary N) is 2. The largest absolute Gasteiger partial charge is 0.392 e. The second-order valence-electron chi connectivity index (χ2n) is 4.88. The van der Waals surface area contributed by atoms with Gasteiger partial charge in [-0.2, -0.15) is 0 Å². The van der Waals surface area contributed by atoms with E-state index in [1.807, 2.05) is 6.07 Å². The summed E-state index contributed by atoms with van der Waals surface area (Å²) in [6, 6.07) is 8.05. The summed E-state index contributed by atoms with van der Waals surface area (Å²) in [5.74, 6) is -0.0146. The predicted octanol–water partition coefficient (Wildman–Crippen LogP) is 0.377. The molecule has 1 aromatic rings. The van der Waals surface area contributed by atoms with Crippen LogP contribution in [-0.4, -0.2) is 36.2 Å². The zero-order valence-corrected chi connectivity index (χ0v) is 10.6. The lowest BCUT2D eigenvalue weighted by Gasteiger charge is -2.11. The first-order valence-electron chi connectivity index (χ1n) is 6.40. The Hall–Kier alpha value is -1.39. The van der Waals surface area contributed by atoms with Gasteiger partial charge in [0.15, 0.2) is 0 Å². The van der Waals surface area contributed by atoms with Crippen LogP contribution in [0, 0.1) is 6.92 Å². The molecule has 1 heterocycles. The molecular formula is C14H20N2O2. The van der Waals surface area contributed by atoms with Gasteiger partial charge in [-0.1, -0.05) is 29.8 Å². The normalized spacial score (nSPS) is 23.0. The van der Waals surface area contributed by atoms with Crippen LogP contribution in [0.2, 0.25) is 0 Å². The molecule has 1 saturated heterocycles. The van der Waals surface area contributed by atoms with E-state index in [9.17, 15) is 9.90 Å². The highest BCUT2D eigenvalue weighted by molar-refractivity contribution is 5.82. The molecule has 0 aromatic heterocycles. The smallest absolute Gasteiger partial charge is 0.237 e. The Morgan fingerprint density at radius 3 is 3.06 bits per heavy atom. The SMILES string of the molecule is Cc1cccc(CCNC(=O)C2CC(O)CN2)c1. The molecule has 1 fully saturated rings. The number of carbonyl (C=O) groups excluding carboxylic acids is 1. The van der Waals surface area contributed by atoms with E-state index in [4.69, 9.17) is 0 Å². The summed E-state index contributed by atoms with van der Waals surface area (Å²) in [5, 5.41) is 15.2. The molecule has 0 saturated carbocycles. The fourth-order valence-electron chi connectivity index (χ4n) is 2.24. The standard InChI is InChI=1S/C14H20N2O2/c1-10-3-2-4-11(7-10)5-6-15-14(18)13-8-12(17)9-16-13/h2-4,7,12-13,16-17H,5-6,8-9H2,1H3,(H,15,18). The summed E-state index contributed by atoms with van der Waals surface area (Å²) in [6.45, 7) is 3.21. The number of rotatable bonds is 4. The minimum absolute atomic E-state index is 0.0146. The van der Waals surface area contributed by atoms with Crippen LogP contribution < -0.4 is 10.6 Å². The maximum Gasteiger partial charge on any atom is 0.237 e. The van der Waals surface area contributed by atoms with Crippen LogP contribution in [0.4, 0.5) is 0 Å². The lowest BCUT2D eigenvalue weighted by atomic mass is 10.1. The molecule has 4 heteroatoms. The molecular weight excluding hydrogens is 228 g/mol. The molecule has 0 spiro atoms. The zero-order valence-electron chi connectivity index (χ0n) is 10.6. The van der Waals surface area contributed by atoms with E-state index >= 15 is 0 Å². The predicted molar refractivity (Wildman–Crippen MR) is 70.3 cm³/mol. The number of carbonyl (C=O) groups is 1. The molecule has 1 aliphatic rings. The molecule has 1 aliphatic heterocycles. The Bertz CT molecular complexity index is 420. The highest BCUT2D eigenvalue weighted by atomic mass is 16.3. The van der Waals surface area contributed by atoms with Crippen molar-refractivity contribution in [2.75, 3.05) is 13.1 Å². The third kappa shape index (κ3) is 3.55. The fraction of sp³-hybridized carbons (Fsp3) is 0.500. The first-order valence-corrected chi connectivity index (χ1v) is 6.40. The van der Waals surface area contributed by atoms with Gasteiger partial charge >= 0.3 is 0 Å². The lowest BCUT2D eigenvalue weighted by molar-refractivity contribution is -0.122. The Balaban J connectivity index is 1.73. The molecule has 4 nitrogen and oxygen atoms in total. The highest BCUT2D eigenvalue weighted by Crippen LogP contribution is 2.07. The quantitative estimate of drug-likeness (QED) is 0.722. The molecule has 3 N–H and O–H groups in total. The van der Waals surface area contributed by atoms with Gasteiger partial charge in [-0.15, -0.1) is 0 Å². The number of aliphatic hydroxyl groups excluding tert-OH is 1. The molecule has 0 bridgehead atoms. The van der Waals surface area contributed by atoms with Crippen LogP contribution >= 0.6 is 0 Å². The van der Waals surface area contributed by atoms with Gasteiger partial charge in [-0.05, 0) is 25.3 Å². The van der Waals surface area contributed by atoms with Crippen molar-refractivity contribution in [1.82, 2.24) is 10.6 Å². The fourth-order valence-corrected chi connectivity index (χ4v) is 2.24. The minimum atomic E-state index is -0.391. The number of aryl methyl sites for hydroxylation is 1. The number of β-amino-alcohol motifs (C(OH)–C–C–N with tert-alkyl or cyclic N) is 1. The van der Waals surface area contributed by atoms with E-state index in [1.165, 1.54) is 11.1 Å². The number of hydrogen-bond acceptors (Lipinski definition) is 3. The van der Waals surface area contributed by atoms with Crippen LogP contribution in [-0.2, 0) is 11.2 Å². The van der Waals surface area contributed by atoms with Crippen molar-refractivity contribution in [1.29, 1.82) is 0 Å². The summed E-state index contributed by atoms with van der Waals surface area (Å²) < 4.78 is 0. The van der Waals surface area contributed by atoms with Gasteiger partial charge in [-0.25, -0.2) is 0 Å². The third-order valence-electron chi connectivity index (χ3n) is 3.22. The molecule has 1 amide bonds. The average Bonchev–Trinajstić information content (AvgIpc) is 2.76. The van der Waals surface area contributed by atoms with Crippen molar-refractivity contribution >= 4 is 5.91 Å². The molecule has 0 aliphatic carbocycles. The van der Waals surface area contributed by atoms with Gasteiger partial charge in [0.2, 0.25) is 5.91 Å². The third-order valence-corrected chi connectivity index (χ3v) is 3.22. The maximum absolute atomic E-state index is 11.8. The van der Waals surface area contributed by atoms with E-state index in [-0.39, 0.29) is 11.9 Å². The summed E-state index contributed by atoms with van der Waals surface area (Å²) in [7, 11) is 0. The van der Waals surface area contributed by atoms with E-state index in [0.717, 1.165) is 6.42 Å².